The molecule has 126 valence electrons. The highest BCUT2D eigenvalue weighted by atomic mass is 35.5. The van der Waals surface area contributed by atoms with Crippen molar-refractivity contribution in [1.29, 1.82) is 0 Å². The Balaban J connectivity index is 0.00000208. The Labute approximate surface area is 145 Å². The normalized spacial score (nSPS) is 14.8. The second-order valence-electron chi connectivity index (χ2n) is 4.76. The van der Waals surface area contributed by atoms with Crippen LogP contribution in [0.5, 0.6) is 0 Å². The fourth-order valence-corrected chi connectivity index (χ4v) is 3.38. The summed E-state index contributed by atoms with van der Waals surface area (Å²) in [6.45, 7) is -0.0564. The number of amidine groups is 1. The van der Waals surface area contributed by atoms with Gasteiger partial charge in [-0.3, -0.25) is 4.98 Å². The van der Waals surface area contributed by atoms with Crippen molar-refractivity contribution in [2.24, 2.45) is 9.50 Å². The predicted molar refractivity (Wildman–Crippen MR) is 93.0 cm³/mol. The van der Waals surface area contributed by atoms with Gasteiger partial charge in [-0.05, 0) is 29.8 Å². The molecule has 9 heteroatoms. The molecule has 24 heavy (non-hydrogen) atoms. The highest BCUT2D eigenvalue weighted by molar-refractivity contribution is 7.90. The van der Waals surface area contributed by atoms with Crippen LogP contribution in [0.25, 0.3) is 0 Å². The van der Waals surface area contributed by atoms with E-state index >= 15 is 0 Å². The third-order valence-electron chi connectivity index (χ3n) is 3.22. The summed E-state index contributed by atoms with van der Waals surface area (Å²) in [6, 6.07) is 10.1. The molecule has 1 aromatic heterocycles. The summed E-state index contributed by atoms with van der Waals surface area (Å²) in [5.41, 5.74) is 1.28. The number of nitrogens with zero attached hydrogens (tertiary/aromatic N) is 4. The minimum absolute atomic E-state index is 0. The molecule has 2 heterocycles. The van der Waals surface area contributed by atoms with E-state index in [1.165, 1.54) is 11.1 Å². The quantitative estimate of drug-likeness (QED) is 0.649. The van der Waals surface area contributed by atoms with Crippen molar-refractivity contribution in [1.82, 2.24) is 9.99 Å². The molecule has 7 nitrogen and oxygen atoms in total. The minimum atomic E-state index is -3.72. The van der Waals surface area contributed by atoms with Crippen LogP contribution in [0, 0.1) is 0 Å². The number of rotatable bonds is 4. The highest BCUT2D eigenvalue weighted by Gasteiger charge is 2.31. The van der Waals surface area contributed by atoms with E-state index < -0.39 is 10.0 Å². The van der Waals surface area contributed by atoms with Crippen LogP contribution in [-0.4, -0.2) is 48.7 Å². The first kappa shape index (κ1) is 18.1. The summed E-state index contributed by atoms with van der Waals surface area (Å²) in [5.74, 6) is 0.208. The summed E-state index contributed by atoms with van der Waals surface area (Å²) in [7, 11) is -3.72. The number of halogens is 1. The molecule has 2 aromatic rings. The molecule has 0 radical (unpaired) electrons. The van der Waals surface area contributed by atoms with Gasteiger partial charge in [0.25, 0.3) is 10.0 Å². The molecule has 0 spiro atoms. The summed E-state index contributed by atoms with van der Waals surface area (Å²) >= 11 is 0. The molecule has 0 amide bonds. The lowest BCUT2D eigenvalue weighted by Crippen LogP contribution is -2.28. The van der Waals surface area contributed by atoms with Gasteiger partial charge in [-0.1, -0.05) is 12.1 Å². The molecule has 0 unspecified atom stereocenters. The molecule has 0 saturated carbocycles. The highest BCUT2D eigenvalue weighted by Crippen LogP contribution is 2.27. The first-order chi connectivity index (χ1) is 11.1. The zero-order chi connectivity index (χ0) is 16.3. The molecular weight excluding hydrogens is 352 g/mol. The lowest BCUT2D eigenvalue weighted by atomic mass is 10.2. The number of aliphatic hydroxyl groups excluding tert-OH is 1. The topological polar surface area (TPSA) is 95.2 Å². The SMILES string of the molecule is Cl.O=S1(=O)N=C(N(CCO)/N=C/c2ccncc2)c2ccccc21. The van der Waals surface area contributed by atoms with Gasteiger partial charge in [-0.15, -0.1) is 16.8 Å². The van der Waals surface area contributed by atoms with E-state index in [4.69, 9.17) is 0 Å². The zero-order valence-corrected chi connectivity index (χ0v) is 14.1. The van der Waals surface area contributed by atoms with Crippen LogP contribution in [0.3, 0.4) is 0 Å². The van der Waals surface area contributed by atoms with Crippen molar-refractivity contribution in [3.63, 3.8) is 0 Å². The molecule has 1 aliphatic heterocycles. The molecule has 3 rings (SSSR count). The van der Waals surface area contributed by atoms with Gasteiger partial charge >= 0.3 is 0 Å². The molecule has 0 atom stereocenters. The third-order valence-corrected chi connectivity index (χ3v) is 4.55. The molecular formula is C15H15ClN4O3S. The summed E-state index contributed by atoms with van der Waals surface area (Å²) < 4.78 is 28.0. The van der Waals surface area contributed by atoms with E-state index in [-0.39, 0.29) is 36.3 Å². The molecule has 0 bridgehead atoms. The zero-order valence-electron chi connectivity index (χ0n) is 12.5. The van der Waals surface area contributed by atoms with Crippen LogP contribution in [0.2, 0.25) is 0 Å². The number of pyridine rings is 1. The monoisotopic (exact) mass is 366 g/mol. The first-order valence-corrected chi connectivity index (χ1v) is 8.32. The Morgan fingerprint density at radius 3 is 2.58 bits per heavy atom. The van der Waals surface area contributed by atoms with Gasteiger partial charge in [0.05, 0.1) is 19.4 Å². The number of aromatic nitrogens is 1. The molecule has 0 fully saturated rings. The summed E-state index contributed by atoms with van der Waals surface area (Å²) in [4.78, 5) is 4.07. The Hall–Kier alpha value is -2.29. The van der Waals surface area contributed by atoms with Crippen molar-refractivity contribution in [3.8, 4) is 0 Å². The molecule has 1 N–H and O–H groups in total. The molecule has 1 aliphatic rings. The number of fused-ring (bicyclic) bond motifs is 1. The average Bonchev–Trinajstić information content (AvgIpc) is 2.84. The Morgan fingerprint density at radius 1 is 1.17 bits per heavy atom. The van der Waals surface area contributed by atoms with Crippen molar-refractivity contribution in [3.05, 3.63) is 59.9 Å². The Kier molecular flexibility index (Phi) is 5.66. The van der Waals surface area contributed by atoms with Gasteiger partial charge < -0.3 is 5.11 Å². The van der Waals surface area contributed by atoms with Crippen LogP contribution >= 0.6 is 12.4 Å². The number of hydrogen-bond donors (Lipinski definition) is 1. The lowest BCUT2D eigenvalue weighted by Gasteiger charge is -2.17. The van der Waals surface area contributed by atoms with Gasteiger partial charge in [0, 0.05) is 18.0 Å². The van der Waals surface area contributed by atoms with E-state index in [9.17, 15) is 13.5 Å². The smallest absolute Gasteiger partial charge is 0.285 e. The third kappa shape index (κ3) is 3.61. The summed E-state index contributed by atoms with van der Waals surface area (Å²) in [5, 5.41) is 14.9. The van der Waals surface area contributed by atoms with Gasteiger partial charge in [-0.25, -0.2) is 5.01 Å². The van der Waals surface area contributed by atoms with E-state index in [0.29, 0.717) is 5.56 Å². The number of hydrogen-bond acceptors (Lipinski definition) is 6. The van der Waals surface area contributed by atoms with Gasteiger partial charge in [0.1, 0.15) is 4.90 Å². The minimum Gasteiger partial charge on any atom is -0.394 e. The van der Waals surface area contributed by atoms with Crippen molar-refractivity contribution in [2.75, 3.05) is 13.2 Å². The van der Waals surface area contributed by atoms with Gasteiger partial charge in [0.2, 0.25) is 0 Å². The van der Waals surface area contributed by atoms with E-state index in [1.807, 2.05) is 0 Å². The van der Waals surface area contributed by atoms with Crippen LogP contribution < -0.4 is 0 Å². The van der Waals surface area contributed by atoms with Crippen LogP contribution in [-0.2, 0) is 10.0 Å². The average molecular weight is 367 g/mol. The number of hydrazone groups is 1. The number of aliphatic hydroxyl groups is 1. The summed E-state index contributed by atoms with van der Waals surface area (Å²) in [6.07, 6.45) is 4.82. The van der Waals surface area contributed by atoms with E-state index in [0.717, 1.165) is 5.56 Å². The predicted octanol–water partition coefficient (Wildman–Crippen LogP) is 1.28. The van der Waals surface area contributed by atoms with E-state index in [1.54, 1.807) is 48.9 Å². The molecule has 0 saturated heterocycles. The standard InChI is InChI=1S/C15H14N4O3S.ClH/c20-10-9-19(17-11-12-5-7-16-8-6-12)15-13-3-1-2-4-14(13)23(21,22)18-15;/h1-8,11,20H,9-10H2;1H/b17-11+;. The van der Waals surface area contributed by atoms with Crippen molar-refractivity contribution in [2.45, 2.75) is 4.90 Å². The van der Waals surface area contributed by atoms with Crippen LogP contribution in [0.1, 0.15) is 11.1 Å². The van der Waals surface area contributed by atoms with Gasteiger partial charge in [-0.2, -0.15) is 13.5 Å². The molecule has 0 aliphatic carbocycles. The largest absolute Gasteiger partial charge is 0.394 e. The fraction of sp³-hybridized carbons (Fsp3) is 0.133. The number of benzene rings is 1. The first-order valence-electron chi connectivity index (χ1n) is 6.88. The number of sulfonamides is 1. The second kappa shape index (κ2) is 7.52. The Morgan fingerprint density at radius 2 is 1.88 bits per heavy atom. The van der Waals surface area contributed by atoms with Crippen molar-refractivity contribution < 1.29 is 13.5 Å². The fourth-order valence-electron chi connectivity index (χ4n) is 2.17. The lowest BCUT2D eigenvalue weighted by molar-refractivity contribution is 0.254. The van der Waals surface area contributed by atoms with Gasteiger partial charge in [0.15, 0.2) is 5.84 Å². The maximum Gasteiger partial charge on any atom is 0.285 e. The van der Waals surface area contributed by atoms with Crippen molar-refractivity contribution >= 4 is 34.5 Å². The Bertz CT molecular complexity index is 869. The molecule has 1 aromatic carbocycles. The maximum atomic E-state index is 12.1. The van der Waals surface area contributed by atoms with Crippen LogP contribution in [0.4, 0.5) is 0 Å². The second-order valence-corrected chi connectivity index (χ2v) is 6.33. The maximum absolute atomic E-state index is 12.1. The van der Waals surface area contributed by atoms with Crippen LogP contribution in [0.15, 0.2) is 63.2 Å². The van der Waals surface area contributed by atoms with E-state index in [2.05, 4.69) is 14.5 Å².